The van der Waals surface area contributed by atoms with Crippen molar-refractivity contribution in [1.29, 1.82) is 0 Å². The number of nitrogens with two attached hydrogens (primary N) is 1. The van der Waals surface area contributed by atoms with E-state index in [-0.39, 0.29) is 57.8 Å². The van der Waals surface area contributed by atoms with Gasteiger partial charge in [-0.05, 0) is 38.3 Å². The van der Waals surface area contributed by atoms with E-state index in [4.69, 9.17) is 30.3 Å². The molecule has 0 unspecified atom stereocenters. The summed E-state index contributed by atoms with van der Waals surface area (Å²) in [6.45, 7) is 5.84. The number of nitrogens with zero attached hydrogens (tertiary/aromatic N) is 1. The molecular weight excluding hydrogens is 538 g/mol. The predicted octanol–water partition coefficient (Wildman–Crippen LogP) is 0.296. The molecule has 14 nitrogen and oxygen atoms in total. The Morgan fingerprint density at radius 2 is 1.73 bits per heavy atom. The number of carbonyl (C=O) groups is 4. The molecule has 14 heteroatoms. The van der Waals surface area contributed by atoms with E-state index in [1.165, 1.54) is 0 Å². The van der Waals surface area contributed by atoms with Crippen molar-refractivity contribution in [2.24, 2.45) is 10.9 Å². The third kappa shape index (κ3) is 15.0. The van der Waals surface area contributed by atoms with Crippen molar-refractivity contribution in [3.63, 3.8) is 0 Å². The van der Waals surface area contributed by atoms with Crippen LogP contribution < -0.4 is 21.7 Å². The SMILES string of the molecule is COC(C)(C)CCOC(=O)NCCO/N=C(\C)c1ccc(C[C@H](NC(=O)[C@H](N)CCC(=O)O)C(=O)NCCO)cc1. The first-order valence-corrected chi connectivity index (χ1v) is 13.3. The molecule has 0 radical (unpaired) electrons. The Morgan fingerprint density at radius 1 is 1.05 bits per heavy atom. The number of aliphatic carboxylic acids is 1. The number of amides is 3. The van der Waals surface area contributed by atoms with Gasteiger partial charge in [0, 0.05) is 32.9 Å². The van der Waals surface area contributed by atoms with Gasteiger partial charge >= 0.3 is 12.1 Å². The van der Waals surface area contributed by atoms with Crippen LogP contribution in [0.5, 0.6) is 0 Å². The largest absolute Gasteiger partial charge is 0.481 e. The number of rotatable bonds is 19. The van der Waals surface area contributed by atoms with Gasteiger partial charge in [0.05, 0.1) is 37.1 Å². The number of aliphatic hydroxyl groups excluding tert-OH is 1. The summed E-state index contributed by atoms with van der Waals surface area (Å²) in [6.07, 6.45) is -0.218. The number of alkyl carbamates (subject to hydrolysis) is 1. The maximum absolute atomic E-state index is 12.6. The van der Waals surface area contributed by atoms with E-state index in [9.17, 15) is 19.2 Å². The van der Waals surface area contributed by atoms with Crippen molar-refractivity contribution >= 4 is 29.6 Å². The zero-order chi connectivity index (χ0) is 30.8. The maximum Gasteiger partial charge on any atom is 0.407 e. The molecular formula is C27H43N5O9. The highest BCUT2D eigenvalue weighted by molar-refractivity contribution is 5.98. The second-order valence-electron chi connectivity index (χ2n) is 9.80. The van der Waals surface area contributed by atoms with Gasteiger partial charge < -0.3 is 46.2 Å². The molecule has 1 aromatic carbocycles. The second-order valence-corrected chi connectivity index (χ2v) is 9.80. The molecule has 3 amide bonds. The van der Waals surface area contributed by atoms with Gasteiger partial charge in [0.25, 0.3) is 0 Å². The summed E-state index contributed by atoms with van der Waals surface area (Å²) in [4.78, 5) is 52.8. The van der Waals surface area contributed by atoms with E-state index in [1.807, 2.05) is 13.8 Å². The molecule has 2 atom stereocenters. The molecule has 1 aromatic rings. The van der Waals surface area contributed by atoms with Gasteiger partial charge in [0.1, 0.15) is 12.6 Å². The van der Waals surface area contributed by atoms with Crippen molar-refractivity contribution in [1.82, 2.24) is 16.0 Å². The summed E-state index contributed by atoms with van der Waals surface area (Å²) in [6, 6.07) is 5.00. The van der Waals surface area contributed by atoms with Crippen LogP contribution in [0, 0.1) is 0 Å². The summed E-state index contributed by atoms with van der Waals surface area (Å²) < 4.78 is 10.4. The summed E-state index contributed by atoms with van der Waals surface area (Å²) in [7, 11) is 1.60. The monoisotopic (exact) mass is 581 g/mol. The highest BCUT2D eigenvalue weighted by Crippen LogP contribution is 2.12. The highest BCUT2D eigenvalue weighted by atomic mass is 16.6. The predicted molar refractivity (Wildman–Crippen MR) is 150 cm³/mol. The third-order valence-electron chi connectivity index (χ3n) is 6.02. The van der Waals surface area contributed by atoms with Gasteiger partial charge in [0.2, 0.25) is 11.8 Å². The Morgan fingerprint density at radius 3 is 2.34 bits per heavy atom. The minimum absolute atomic E-state index is 0.00824. The Kier molecular flexibility index (Phi) is 16.0. The molecule has 0 spiro atoms. The summed E-state index contributed by atoms with van der Waals surface area (Å²) in [5, 5.41) is 29.5. The topological polar surface area (TPSA) is 211 Å². The third-order valence-corrected chi connectivity index (χ3v) is 6.02. The Bertz CT molecular complexity index is 1010. The van der Waals surface area contributed by atoms with Crippen LogP contribution in [0.4, 0.5) is 4.79 Å². The molecule has 7 N–H and O–H groups in total. The smallest absolute Gasteiger partial charge is 0.407 e. The van der Waals surface area contributed by atoms with Crippen LogP contribution in [0.15, 0.2) is 29.4 Å². The normalized spacial score (nSPS) is 13.1. The van der Waals surface area contributed by atoms with E-state index in [0.717, 1.165) is 11.1 Å². The number of ether oxygens (including phenoxy) is 2. The number of aliphatic hydroxyl groups is 1. The number of carbonyl (C=O) groups excluding carboxylic acids is 3. The molecule has 0 aliphatic rings. The average molecular weight is 582 g/mol. The lowest BCUT2D eigenvalue weighted by Crippen LogP contribution is -2.52. The lowest BCUT2D eigenvalue weighted by molar-refractivity contribution is -0.137. The lowest BCUT2D eigenvalue weighted by Gasteiger charge is -2.22. The van der Waals surface area contributed by atoms with Gasteiger partial charge in [-0.25, -0.2) is 4.79 Å². The van der Waals surface area contributed by atoms with Crippen molar-refractivity contribution in [2.75, 3.05) is 40.0 Å². The van der Waals surface area contributed by atoms with Crippen LogP contribution in [0.1, 0.15) is 51.2 Å². The molecule has 0 heterocycles. The fourth-order valence-electron chi connectivity index (χ4n) is 3.25. The van der Waals surface area contributed by atoms with Crippen LogP contribution in [-0.2, 0) is 35.1 Å². The fourth-order valence-corrected chi connectivity index (χ4v) is 3.25. The van der Waals surface area contributed by atoms with Crippen molar-refractivity contribution < 1.29 is 43.7 Å². The Balaban J connectivity index is 2.62. The van der Waals surface area contributed by atoms with Crippen LogP contribution in [0.2, 0.25) is 0 Å². The summed E-state index contributed by atoms with van der Waals surface area (Å²) >= 11 is 0. The summed E-state index contributed by atoms with van der Waals surface area (Å²) in [5.74, 6) is -2.24. The summed E-state index contributed by atoms with van der Waals surface area (Å²) in [5.41, 5.74) is 7.45. The minimum atomic E-state index is -1.09. The molecule has 41 heavy (non-hydrogen) atoms. The Hall–Kier alpha value is -3.75. The average Bonchev–Trinajstić information content (AvgIpc) is 2.94. The number of hydrogen-bond donors (Lipinski definition) is 6. The van der Waals surface area contributed by atoms with E-state index in [2.05, 4.69) is 21.1 Å². The van der Waals surface area contributed by atoms with Gasteiger partial charge in [-0.15, -0.1) is 0 Å². The molecule has 0 saturated carbocycles. The number of nitrogens with one attached hydrogen (secondary N) is 3. The molecule has 230 valence electrons. The van der Waals surface area contributed by atoms with E-state index in [0.29, 0.717) is 12.1 Å². The van der Waals surface area contributed by atoms with Crippen LogP contribution >= 0.6 is 0 Å². The minimum Gasteiger partial charge on any atom is -0.481 e. The quantitative estimate of drug-likeness (QED) is 0.0747. The Labute approximate surface area is 240 Å². The van der Waals surface area contributed by atoms with Crippen molar-refractivity contribution in [3.05, 3.63) is 35.4 Å². The molecule has 1 rings (SSSR count). The van der Waals surface area contributed by atoms with E-state index in [1.54, 1.807) is 38.3 Å². The standard InChI is InChI=1S/C27H43N5O9/c1-18(32-41-16-13-30-26(38)40-15-11-27(2,3)39-4)20-7-5-19(6-8-20)17-22(25(37)29-12-14-33)31-24(36)21(28)9-10-23(34)35/h5-8,21-22,33H,9-17,28H2,1-4H3,(H,29,37)(H,30,38)(H,31,36)(H,34,35)/b32-18+/t21-,22+/m1/s1. The molecule has 0 bridgehead atoms. The van der Waals surface area contributed by atoms with Crippen LogP contribution in [0.3, 0.4) is 0 Å². The first-order chi connectivity index (χ1) is 19.4. The molecule has 0 saturated heterocycles. The number of carboxylic acid groups (broad SMARTS) is 1. The molecule has 0 aromatic heterocycles. The first-order valence-electron chi connectivity index (χ1n) is 13.3. The number of methoxy groups -OCH3 is 1. The lowest BCUT2D eigenvalue weighted by atomic mass is 10.0. The van der Waals surface area contributed by atoms with Crippen molar-refractivity contribution in [2.45, 2.75) is 64.1 Å². The van der Waals surface area contributed by atoms with Crippen LogP contribution in [-0.4, -0.2) is 97.5 Å². The van der Waals surface area contributed by atoms with Crippen LogP contribution in [0.25, 0.3) is 0 Å². The van der Waals surface area contributed by atoms with Gasteiger partial charge in [0.15, 0.2) is 0 Å². The fraction of sp³-hybridized carbons (Fsp3) is 0.593. The second kappa shape index (κ2) is 18.6. The number of benzene rings is 1. The van der Waals surface area contributed by atoms with E-state index < -0.39 is 36.0 Å². The van der Waals surface area contributed by atoms with E-state index >= 15 is 0 Å². The van der Waals surface area contributed by atoms with Crippen molar-refractivity contribution in [3.8, 4) is 0 Å². The van der Waals surface area contributed by atoms with Gasteiger partial charge in [-0.2, -0.15) is 0 Å². The zero-order valence-corrected chi connectivity index (χ0v) is 24.1. The first kappa shape index (κ1) is 35.3. The molecule has 0 aliphatic carbocycles. The molecule has 0 aliphatic heterocycles. The number of oxime groups is 1. The number of carboxylic acids is 1. The number of hydrogen-bond acceptors (Lipinski definition) is 10. The maximum atomic E-state index is 12.6. The van der Waals surface area contributed by atoms with Gasteiger partial charge in [-0.3, -0.25) is 14.4 Å². The zero-order valence-electron chi connectivity index (χ0n) is 24.1. The highest BCUT2D eigenvalue weighted by Gasteiger charge is 2.24. The molecule has 0 fully saturated rings. The van der Waals surface area contributed by atoms with Gasteiger partial charge in [-0.1, -0.05) is 29.4 Å².